The minimum atomic E-state index is -1.14. The van der Waals surface area contributed by atoms with E-state index in [1.54, 1.807) is 13.0 Å². The van der Waals surface area contributed by atoms with E-state index in [-0.39, 0.29) is 17.5 Å². The fourth-order valence-electron chi connectivity index (χ4n) is 1.75. The van der Waals surface area contributed by atoms with E-state index < -0.39 is 11.8 Å². The SMILES string of the molecule is COc1ccc(F)c(NC(C)c2ccc(C(=O)O)o2)c1. The van der Waals surface area contributed by atoms with Gasteiger partial charge in [-0.2, -0.15) is 0 Å². The van der Waals surface area contributed by atoms with Crippen molar-refractivity contribution < 1.29 is 23.4 Å². The molecule has 0 saturated carbocycles. The summed E-state index contributed by atoms with van der Waals surface area (Å²) in [5, 5.41) is 11.7. The number of rotatable bonds is 5. The molecule has 2 N–H and O–H groups in total. The van der Waals surface area contributed by atoms with E-state index in [1.807, 2.05) is 0 Å². The third-order valence-electron chi connectivity index (χ3n) is 2.81. The lowest BCUT2D eigenvalue weighted by Gasteiger charge is -2.14. The molecule has 1 aromatic heterocycles. The second kappa shape index (κ2) is 5.64. The number of furan rings is 1. The summed E-state index contributed by atoms with van der Waals surface area (Å²) in [4.78, 5) is 10.7. The van der Waals surface area contributed by atoms with E-state index in [0.717, 1.165) is 0 Å². The maximum absolute atomic E-state index is 13.7. The predicted molar refractivity (Wildman–Crippen MR) is 70.7 cm³/mol. The Balaban J connectivity index is 2.18. The van der Waals surface area contributed by atoms with Gasteiger partial charge in [-0.25, -0.2) is 9.18 Å². The molecule has 106 valence electrons. The monoisotopic (exact) mass is 279 g/mol. The molecule has 0 spiro atoms. The molecule has 20 heavy (non-hydrogen) atoms. The van der Waals surface area contributed by atoms with Gasteiger partial charge in [-0.1, -0.05) is 0 Å². The molecular formula is C14H14FNO4. The van der Waals surface area contributed by atoms with Crippen LogP contribution in [0.25, 0.3) is 0 Å². The number of nitrogens with one attached hydrogen (secondary N) is 1. The molecule has 0 aliphatic heterocycles. The largest absolute Gasteiger partial charge is 0.497 e. The highest BCUT2D eigenvalue weighted by Gasteiger charge is 2.15. The minimum Gasteiger partial charge on any atom is -0.497 e. The van der Waals surface area contributed by atoms with Gasteiger partial charge in [-0.3, -0.25) is 0 Å². The summed E-state index contributed by atoms with van der Waals surface area (Å²) in [5.74, 6) is -0.796. The van der Waals surface area contributed by atoms with Crippen molar-refractivity contribution in [2.75, 3.05) is 12.4 Å². The highest BCUT2D eigenvalue weighted by atomic mass is 19.1. The van der Waals surface area contributed by atoms with Crippen LogP contribution in [0.4, 0.5) is 10.1 Å². The van der Waals surface area contributed by atoms with Crippen molar-refractivity contribution in [2.45, 2.75) is 13.0 Å². The predicted octanol–water partition coefficient (Wildman–Crippen LogP) is 3.30. The van der Waals surface area contributed by atoms with Gasteiger partial charge in [0.05, 0.1) is 18.8 Å². The van der Waals surface area contributed by atoms with Gasteiger partial charge in [0.25, 0.3) is 0 Å². The summed E-state index contributed by atoms with van der Waals surface area (Å²) in [6.45, 7) is 1.74. The molecular weight excluding hydrogens is 265 g/mol. The maximum Gasteiger partial charge on any atom is 0.371 e. The molecule has 1 unspecified atom stereocenters. The molecule has 6 heteroatoms. The van der Waals surface area contributed by atoms with Crippen molar-refractivity contribution in [3.63, 3.8) is 0 Å². The lowest BCUT2D eigenvalue weighted by Crippen LogP contribution is -2.07. The van der Waals surface area contributed by atoms with Crippen LogP contribution in [0, 0.1) is 5.82 Å². The first-order valence-corrected chi connectivity index (χ1v) is 5.94. The van der Waals surface area contributed by atoms with Crippen molar-refractivity contribution in [1.82, 2.24) is 0 Å². The Bertz CT molecular complexity index is 623. The van der Waals surface area contributed by atoms with E-state index in [9.17, 15) is 9.18 Å². The van der Waals surface area contributed by atoms with Crippen LogP contribution in [0.2, 0.25) is 0 Å². The Hall–Kier alpha value is -2.50. The maximum atomic E-state index is 13.7. The third kappa shape index (κ3) is 2.90. The molecule has 0 amide bonds. The molecule has 5 nitrogen and oxygen atoms in total. The van der Waals surface area contributed by atoms with Gasteiger partial charge in [0.1, 0.15) is 17.3 Å². The normalized spacial score (nSPS) is 11.9. The minimum absolute atomic E-state index is 0.153. The number of benzene rings is 1. The molecule has 1 atom stereocenters. The molecule has 0 radical (unpaired) electrons. The first-order valence-electron chi connectivity index (χ1n) is 5.94. The number of carboxylic acids is 1. The summed E-state index contributed by atoms with van der Waals surface area (Å²) < 4.78 is 23.9. The molecule has 0 bridgehead atoms. The topological polar surface area (TPSA) is 71.7 Å². The lowest BCUT2D eigenvalue weighted by atomic mass is 10.2. The van der Waals surface area contributed by atoms with Crippen LogP contribution in [0.15, 0.2) is 34.7 Å². The second-order valence-corrected chi connectivity index (χ2v) is 4.22. The molecule has 0 aliphatic carbocycles. The molecule has 2 aromatic rings. The average molecular weight is 279 g/mol. The Kier molecular flexibility index (Phi) is 3.93. The Morgan fingerprint density at radius 1 is 1.40 bits per heavy atom. The van der Waals surface area contributed by atoms with Crippen LogP contribution in [0.1, 0.15) is 29.3 Å². The molecule has 2 rings (SSSR count). The Morgan fingerprint density at radius 3 is 2.75 bits per heavy atom. The number of ether oxygens (including phenoxy) is 1. The molecule has 0 fully saturated rings. The van der Waals surface area contributed by atoms with E-state index in [0.29, 0.717) is 11.5 Å². The van der Waals surface area contributed by atoms with Crippen molar-refractivity contribution in [3.8, 4) is 5.75 Å². The quantitative estimate of drug-likeness (QED) is 0.878. The molecule has 0 saturated heterocycles. The van der Waals surface area contributed by atoms with Crippen molar-refractivity contribution in [1.29, 1.82) is 0 Å². The summed E-state index contributed by atoms with van der Waals surface area (Å²) in [6, 6.07) is 6.84. The van der Waals surface area contributed by atoms with E-state index in [4.69, 9.17) is 14.3 Å². The number of hydrogen-bond acceptors (Lipinski definition) is 4. The number of halogens is 1. The number of hydrogen-bond donors (Lipinski definition) is 2. The fourth-order valence-corrected chi connectivity index (χ4v) is 1.75. The van der Waals surface area contributed by atoms with Gasteiger partial charge in [0.15, 0.2) is 0 Å². The second-order valence-electron chi connectivity index (χ2n) is 4.22. The van der Waals surface area contributed by atoms with Crippen molar-refractivity contribution in [3.05, 3.63) is 47.7 Å². The number of carbonyl (C=O) groups is 1. The molecule has 1 aromatic carbocycles. The zero-order valence-electron chi connectivity index (χ0n) is 11.0. The molecule has 0 aliphatic rings. The fraction of sp³-hybridized carbons (Fsp3) is 0.214. The van der Waals surface area contributed by atoms with E-state index >= 15 is 0 Å². The van der Waals surface area contributed by atoms with Crippen molar-refractivity contribution in [2.24, 2.45) is 0 Å². The summed E-state index contributed by atoms with van der Waals surface area (Å²) >= 11 is 0. The molecule has 1 heterocycles. The van der Waals surface area contributed by atoms with Crippen LogP contribution < -0.4 is 10.1 Å². The van der Waals surface area contributed by atoms with Crippen LogP contribution in [0.5, 0.6) is 5.75 Å². The number of methoxy groups -OCH3 is 1. The number of carboxylic acid groups (broad SMARTS) is 1. The van der Waals surface area contributed by atoms with Gasteiger partial charge < -0.3 is 19.6 Å². The average Bonchev–Trinajstić information content (AvgIpc) is 2.91. The number of anilines is 1. The zero-order valence-corrected chi connectivity index (χ0v) is 11.0. The van der Waals surface area contributed by atoms with Gasteiger partial charge in [0.2, 0.25) is 5.76 Å². The van der Waals surface area contributed by atoms with Gasteiger partial charge in [-0.15, -0.1) is 0 Å². The van der Waals surface area contributed by atoms with E-state index in [2.05, 4.69) is 5.32 Å². The zero-order chi connectivity index (χ0) is 14.7. The first-order chi connectivity index (χ1) is 9.51. The summed E-state index contributed by atoms with van der Waals surface area (Å²) in [7, 11) is 1.49. The van der Waals surface area contributed by atoms with Gasteiger partial charge >= 0.3 is 5.97 Å². The summed E-state index contributed by atoms with van der Waals surface area (Å²) in [6.07, 6.45) is 0. The van der Waals surface area contributed by atoms with Gasteiger partial charge in [-0.05, 0) is 31.2 Å². The first kappa shape index (κ1) is 13.9. The smallest absolute Gasteiger partial charge is 0.371 e. The highest BCUT2D eigenvalue weighted by molar-refractivity contribution is 5.84. The van der Waals surface area contributed by atoms with Gasteiger partial charge in [0, 0.05) is 6.07 Å². The van der Waals surface area contributed by atoms with Crippen LogP contribution in [0.3, 0.4) is 0 Å². The highest BCUT2D eigenvalue weighted by Crippen LogP contribution is 2.26. The van der Waals surface area contributed by atoms with Crippen LogP contribution >= 0.6 is 0 Å². The number of aromatic carboxylic acids is 1. The third-order valence-corrected chi connectivity index (χ3v) is 2.81. The Labute approximate surface area is 115 Å². The van der Waals surface area contributed by atoms with Crippen LogP contribution in [-0.4, -0.2) is 18.2 Å². The van der Waals surface area contributed by atoms with Crippen LogP contribution in [-0.2, 0) is 0 Å². The van der Waals surface area contributed by atoms with Crippen molar-refractivity contribution >= 4 is 11.7 Å². The Morgan fingerprint density at radius 2 is 2.15 bits per heavy atom. The van der Waals surface area contributed by atoms with E-state index in [1.165, 1.54) is 31.4 Å². The lowest BCUT2D eigenvalue weighted by molar-refractivity contribution is 0.0660. The summed E-state index contributed by atoms with van der Waals surface area (Å²) in [5.41, 5.74) is 0.255. The standard InChI is InChI=1S/C14H14FNO4/c1-8(12-5-6-13(20-12)14(17)18)16-11-7-9(19-2)3-4-10(11)15/h3-8,16H,1-2H3,(H,17,18).